The zero-order chi connectivity index (χ0) is 13.1. The smallest absolute Gasteiger partial charge is 0.439 e. The SMILES string of the molecule is CC(O)CCC(C)O[B]B1OC(C)C(C)(C)O1. The van der Waals surface area contributed by atoms with Gasteiger partial charge < -0.3 is 19.1 Å². The van der Waals surface area contributed by atoms with Crippen molar-refractivity contribution in [3.05, 3.63) is 0 Å². The summed E-state index contributed by atoms with van der Waals surface area (Å²) >= 11 is 0. The fourth-order valence-electron chi connectivity index (χ4n) is 1.59. The van der Waals surface area contributed by atoms with Crippen LogP contribution in [0.25, 0.3) is 0 Å². The van der Waals surface area contributed by atoms with Crippen molar-refractivity contribution in [3.63, 3.8) is 0 Å². The normalized spacial score (nSPS) is 26.9. The average molecular weight is 241 g/mol. The van der Waals surface area contributed by atoms with Crippen LogP contribution >= 0.6 is 0 Å². The van der Waals surface area contributed by atoms with Crippen molar-refractivity contribution >= 4 is 14.4 Å². The summed E-state index contributed by atoms with van der Waals surface area (Å²) in [7, 11) is 1.21. The van der Waals surface area contributed by atoms with E-state index in [1.807, 2.05) is 27.7 Å². The molecule has 0 bridgehead atoms. The van der Waals surface area contributed by atoms with Crippen LogP contribution < -0.4 is 0 Å². The highest BCUT2D eigenvalue weighted by Gasteiger charge is 2.43. The molecule has 1 aliphatic rings. The maximum Gasteiger partial charge on any atom is 0.439 e. The van der Waals surface area contributed by atoms with Gasteiger partial charge in [-0.05, 0) is 47.5 Å². The van der Waals surface area contributed by atoms with Gasteiger partial charge in [0.1, 0.15) is 0 Å². The third-order valence-electron chi connectivity index (χ3n) is 3.15. The molecule has 1 fully saturated rings. The number of aliphatic hydroxyl groups excluding tert-OH is 1. The van der Waals surface area contributed by atoms with Crippen molar-refractivity contribution in [2.24, 2.45) is 0 Å². The Kier molecular flexibility index (Phi) is 5.51. The molecule has 1 N–H and O–H groups in total. The van der Waals surface area contributed by atoms with E-state index >= 15 is 0 Å². The second-order valence-electron chi connectivity index (χ2n) is 5.38. The lowest BCUT2D eigenvalue weighted by Crippen LogP contribution is -2.33. The highest BCUT2D eigenvalue weighted by atomic mass is 16.7. The zero-order valence-corrected chi connectivity index (χ0v) is 11.5. The van der Waals surface area contributed by atoms with Crippen LogP contribution in [0.1, 0.15) is 47.5 Å². The first kappa shape index (κ1) is 15.0. The molecule has 0 aliphatic carbocycles. The lowest BCUT2D eigenvalue weighted by Gasteiger charge is -2.21. The molecule has 1 heterocycles. The number of hydrogen-bond acceptors (Lipinski definition) is 4. The Balaban J connectivity index is 2.19. The maximum atomic E-state index is 9.17. The van der Waals surface area contributed by atoms with E-state index in [-0.39, 0.29) is 23.9 Å². The van der Waals surface area contributed by atoms with Crippen molar-refractivity contribution in [2.45, 2.75) is 71.4 Å². The molecular weight excluding hydrogens is 218 g/mol. The minimum absolute atomic E-state index is 0.0557. The van der Waals surface area contributed by atoms with E-state index in [1.165, 1.54) is 0 Å². The van der Waals surface area contributed by atoms with Crippen molar-refractivity contribution in [3.8, 4) is 0 Å². The predicted molar refractivity (Wildman–Crippen MR) is 68.7 cm³/mol. The fourth-order valence-corrected chi connectivity index (χ4v) is 1.59. The number of aliphatic hydroxyl groups is 1. The van der Waals surface area contributed by atoms with Crippen LogP contribution in [0.15, 0.2) is 0 Å². The summed E-state index contributed by atoms with van der Waals surface area (Å²) in [5.41, 5.74) is -0.270. The van der Waals surface area contributed by atoms with Gasteiger partial charge in [-0.2, -0.15) is 0 Å². The van der Waals surface area contributed by atoms with Crippen molar-refractivity contribution in [1.29, 1.82) is 0 Å². The minimum atomic E-state index is -0.394. The van der Waals surface area contributed by atoms with Crippen LogP contribution in [0.3, 0.4) is 0 Å². The van der Waals surface area contributed by atoms with Gasteiger partial charge in [0, 0.05) is 6.10 Å². The van der Waals surface area contributed by atoms with Crippen LogP contribution in [0, 0.1) is 0 Å². The quantitative estimate of drug-likeness (QED) is 0.713. The lowest BCUT2D eigenvalue weighted by atomic mass is 9.56. The summed E-state index contributed by atoms with van der Waals surface area (Å²) in [5, 5.41) is 9.17. The number of hydrogen-bond donors (Lipinski definition) is 1. The molecule has 0 aromatic carbocycles. The molecule has 0 aromatic heterocycles. The lowest BCUT2D eigenvalue weighted by molar-refractivity contribution is 0.0842. The van der Waals surface area contributed by atoms with Crippen LogP contribution in [0.4, 0.5) is 0 Å². The summed E-state index contributed by atoms with van der Waals surface area (Å²) in [4.78, 5) is 0. The van der Waals surface area contributed by atoms with Gasteiger partial charge in [0.2, 0.25) is 0 Å². The van der Waals surface area contributed by atoms with Crippen LogP contribution in [0.2, 0.25) is 0 Å². The molecule has 3 unspecified atom stereocenters. The van der Waals surface area contributed by atoms with Crippen LogP contribution in [-0.2, 0) is 14.0 Å². The Bertz CT molecular complexity index is 236. The second kappa shape index (κ2) is 6.23. The van der Waals surface area contributed by atoms with E-state index in [0.29, 0.717) is 0 Å². The molecule has 3 atom stereocenters. The summed E-state index contributed by atoms with van der Waals surface area (Å²) in [5.74, 6) is 0. The summed E-state index contributed by atoms with van der Waals surface area (Å²) < 4.78 is 16.8. The Morgan fingerprint density at radius 1 is 1.41 bits per heavy atom. The van der Waals surface area contributed by atoms with E-state index in [1.54, 1.807) is 14.3 Å². The van der Waals surface area contributed by atoms with E-state index < -0.39 is 7.01 Å². The van der Waals surface area contributed by atoms with Gasteiger partial charge in [0.05, 0.1) is 17.8 Å². The first-order valence-electron chi connectivity index (χ1n) is 6.31. The van der Waals surface area contributed by atoms with Gasteiger partial charge in [0.25, 0.3) is 0 Å². The topological polar surface area (TPSA) is 47.9 Å². The summed E-state index contributed by atoms with van der Waals surface area (Å²) in [6.07, 6.45) is 1.40. The molecule has 6 heteroatoms. The first-order chi connectivity index (χ1) is 7.81. The molecule has 4 nitrogen and oxygen atoms in total. The van der Waals surface area contributed by atoms with E-state index in [9.17, 15) is 0 Å². The van der Waals surface area contributed by atoms with Gasteiger partial charge in [0.15, 0.2) is 0 Å². The van der Waals surface area contributed by atoms with Gasteiger partial charge in [-0.15, -0.1) is 0 Å². The molecule has 0 spiro atoms. The molecule has 1 radical (unpaired) electrons. The van der Waals surface area contributed by atoms with E-state index in [0.717, 1.165) is 12.8 Å². The average Bonchev–Trinajstić information content (AvgIpc) is 2.47. The molecule has 1 rings (SSSR count). The van der Waals surface area contributed by atoms with Gasteiger partial charge >= 0.3 is 14.4 Å². The van der Waals surface area contributed by atoms with E-state index in [4.69, 9.17) is 19.1 Å². The Morgan fingerprint density at radius 2 is 2.06 bits per heavy atom. The second-order valence-corrected chi connectivity index (χ2v) is 5.38. The predicted octanol–water partition coefficient (Wildman–Crippen LogP) is 1.37. The molecule has 0 aromatic rings. The molecule has 1 saturated heterocycles. The molecular formula is C11H23B2O4. The molecule has 97 valence electrons. The minimum Gasteiger partial charge on any atom is -0.441 e. The van der Waals surface area contributed by atoms with Crippen molar-refractivity contribution in [2.75, 3.05) is 0 Å². The first-order valence-corrected chi connectivity index (χ1v) is 6.31. The van der Waals surface area contributed by atoms with Crippen LogP contribution in [0.5, 0.6) is 0 Å². The van der Waals surface area contributed by atoms with Crippen LogP contribution in [-0.4, -0.2) is 43.4 Å². The highest BCUT2D eigenvalue weighted by Crippen LogP contribution is 2.26. The van der Waals surface area contributed by atoms with Gasteiger partial charge in [-0.25, -0.2) is 0 Å². The number of rotatable bonds is 6. The molecule has 17 heavy (non-hydrogen) atoms. The maximum absolute atomic E-state index is 9.17. The molecule has 1 aliphatic heterocycles. The molecule has 0 amide bonds. The summed E-state index contributed by atoms with van der Waals surface area (Å²) in [6, 6.07) is 0. The Labute approximate surface area is 105 Å². The third kappa shape index (κ3) is 5.00. The van der Waals surface area contributed by atoms with E-state index in [2.05, 4.69) is 0 Å². The highest BCUT2D eigenvalue weighted by molar-refractivity contribution is 7.03. The van der Waals surface area contributed by atoms with Gasteiger partial charge in [-0.3, -0.25) is 0 Å². The monoisotopic (exact) mass is 241 g/mol. The Hall–Kier alpha value is -0.0301. The van der Waals surface area contributed by atoms with Gasteiger partial charge in [-0.1, -0.05) is 0 Å². The van der Waals surface area contributed by atoms with Crippen molar-refractivity contribution < 1.29 is 19.1 Å². The Morgan fingerprint density at radius 3 is 2.53 bits per heavy atom. The molecule has 0 saturated carbocycles. The van der Waals surface area contributed by atoms with Crippen molar-refractivity contribution in [1.82, 2.24) is 0 Å². The largest absolute Gasteiger partial charge is 0.441 e. The third-order valence-corrected chi connectivity index (χ3v) is 3.15. The standard InChI is InChI=1S/C11H23B2O4/c1-8(14)6-7-9(2)15-12-13-16-10(3)11(4,5)17-13/h8-10,14H,6-7H2,1-5H3. The summed E-state index contributed by atoms with van der Waals surface area (Å²) in [6.45, 7) is 9.75. The fraction of sp³-hybridized carbons (Fsp3) is 1.00. The zero-order valence-electron chi connectivity index (χ0n) is 11.5.